The molecule has 0 amide bonds. The molecule has 0 unspecified atom stereocenters. The Morgan fingerprint density at radius 2 is 1.00 bits per heavy atom. The van der Waals surface area contributed by atoms with E-state index in [1.807, 2.05) is 0 Å². The highest BCUT2D eigenvalue weighted by Gasteiger charge is 2.23. The van der Waals surface area contributed by atoms with Crippen molar-refractivity contribution >= 4 is 79.2 Å². The van der Waals surface area contributed by atoms with Gasteiger partial charge in [-0.25, -0.2) is 0 Å². The summed E-state index contributed by atoms with van der Waals surface area (Å²) >= 11 is 0. The van der Waals surface area contributed by atoms with Gasteiger partial charge in [0.15, 0.2) is 0 Å². The van der Waals surface area contributed by atoms with Crippen molar-refractivity contribution < 1.29 is 0 Å². The minimum Gasteiger partial charge on any atom is -0.400 e. The molecule has 0 saturated carbocycles. The lowest BCUT2D eigenvalue weighted by Gasteiger charge is -2.33. The van der Waals surface area contributed by atoms with Gasteiger partial charge in [0.2, 0.25) is 0 Å². The smallest absolute Gasteiger partial charge is 0.273 e. The molecule has 1 heterocycles. The van der Waals surface area contributed by atoms with Gasteiger partial charge in [-0.1, -0.05) is 60.7 Å². The first-order chi connectivity index (χ1) is 14.8. The molecular weight excluding hydrogens is 396 g/mol. The van der Waals surface area contributed by atoms with E-state index in [4.69, 9.17) is 0 Å². The van der Waals surface area contributed by atoms with Crippen LogP contribution in [0.5, 0.6) is 0 Å². The molecule has 0 aliphatic carbocycles. The van der Waals surface area contributed by atoms with Crippen molar-refractivity contribution in [2.24, 2.45) is 0 Å². The second-order valence-corrected chi connectivity index (χ2v) is 10.7. The molecule has 7 rings (SSSR count). The summed E-state index contributed by atoms with van der Waals surface area (Å²) in [6, 6.07) is 33.8. The lowest BCUT2D eigenvalue weighted by molar-refractivity contribution is 1.35. The molecule has 1 aliphatic heterocycles. The summed E-state index contributed by atoms with van der Waals surface area (Å²) in [5.41, 5.74) is 1.37. The van der Waals surface area contributed by atoms with Gasteiger partial charge in [0, 0.05) is 16.5 Å². The zero-order valence-corrected chi connectivity index (χ0v) is 18.1. The number of hydrogen-bond acceptors (Lipinski definition) is 2. The lowest BCUT2D eigenvalue weighted by atomic mass is 9.94. The molecule has 2 nitrogen and oxygen atoms in total. The fourth-order valence-electron chi connectivity index (χ4n) is 4.75. The molecule has 0 spiro atoms. The number of nitrogens with one attached hydrogen (secondary N) is 1. The fraction of sp³-hybridized carbons (Fsp3) is 0. The standard InChI is InChI=1S/C26H16N2Si2/c1-2-6-17-13-23-19(11-16(17)5-1)9-10-20-14-25-21(15-24(20)23)12-18-7-3-4-8-22(18)26(25)28-29-27-30-28/h1-15,27H. The Balaban J connectivity index is 1.63. The van der Waals surface area contributed by atoms with Crippen molar-refractivity contribution in [3.8, 4) is 0 Å². The third kappa shape index (κ3) is 2.32. The van der Waals surface area contributed by atoms with Crippen molar-refractivity contribution in [2.45, 2.75) is 0 Å². The monoisotopic (exact) mass is 412 g/mol. The SMILES string of the molecule is c1ccc2cc3c(ccc4cc5c(N6[Si]N[Si]6)c6ccccc6cc5cc43)cc2c1. The van der Waals surface area contributed by atoms with E-state index in [9.17, 15) is 0 Å². The van der Waals surface area contributed by atoms with Gasteiger partial charge >= 0.3 is 0 Å². The summed E-state index contributed by atoms with van der Waals surface area (Å²) in [6.07, 6.45) is 0. The number of nitrogens with zero attached hydrogens (tertiary/aromatic N) is 1. The molecule has 0 aromatic heterocycles. The Hall–Kier alpha value is -3.19. The van der Waals surface area contributed by atoms with E-state index in [0.717, 1.165) is 0 Å². The minimum atomic E-state index is 0.662. The van der Waals surface area contributed by atoms with Crippen LogP contribution in [0.2, 0.25) is 0 Å². The predicted molar refractivity (Wildman–Crippen MR) is 131 cm³/mol. The summed E-state index contributed by atoms with van der Waals surface area (Å²) in [6.45, 7) is 0. The average molecular weight is 413 g/mol. The first-order valence-corrected chi connectivity index (χ1v) is 12.0. The van der Waals surface area contributed by atoms with Crippen molar-refractivity contribution in [3.63, 3.8) is 0 Å². The predicted octanol–water partition coefficient (Wildman–Crippen LogP) is 5.93. The summed E-state index contributed by atoms with van der Waals surface area (Å²) in [7, 11) is 1.32. The normalized spacial score (nSPS) is 14.2. The summed E-state index contributed by atoms with van der Waals surface area (Å²) < 4.78 is 5.94. The third-order valence-electron chi connectivity index (χ3n) is 6.21. The van der Waals surface area contributed by atoms with Crippen LogP contribution in [-0.4, -0.2) is 19.7 Å². The molecule has 138 valence electrons. The van der Waals surface area contributed by atoms with Crippen molar-refractivity contribution in [3.05, 3.63) is 91.0 Å². The molecule has 6 aromatic rings. The number of benzene rings is 6. The summed E-state index contributed by atoms with van der Waals surface area (Å²) in [4.78, 5) is 0. The second-order valence-electron chi connectivity index (χ2n) is 7.91. The van der Waals surface area contributed by atoms with E-state index in [1.165, 1.54) is 59.5 Å². The average Bonchev–Trinajstić information content (AvgIpc) is 2.75. The van der Waals surface area contributed by atoms with Crippen LogP contribution in [0.25, 0.3) is 53.9 Å². The molecule has 0 bridgehead atoms. The van der Waals surface area contributed by atoms with Crippen LogP contribution in [0.1, 0.15) is 0 Å². The van der Waals surface area contributed by atoms with Gasteiger partial charge in [-0.2, -0.15) is 0 Å². The highest BCUT2D eigenvalue weighted by Crippen LogP contribution is 2.39. The Morgan fingerprint density at radius 3 is 1.73 bits per heavy atom. The van der Waals surface area contributed by atoms with Crippen LogP contribution < -0.4 is 8.88 Å². The fourth-order valence-corrected chi connectivity index (χ4v) is 6.35. The van der Waals surface area contributed by atoms with Gasteiger partial charge in [0.25, 0.3) is 19.7 Å². The van der Waals surface area contributed by atoms with E-state index in [0.29, 0.717) is 19.7 Å². The third-order valence-corrected chi connectivity index (χ3v) is 8.67. The molecule has 4 heteroatoms. The molecule has 1 fully saturated rings. The highest BCUT2D eigenvalue weighted by atomic mass is 28.4. The first kappa shape index (κ1) is 16.6. The summed E-state index contributed by atoms with van der Waals surface area (Å²) in [5, 5.41) is 13.2. The number of anilines is 1. The zero-order chi connectivity index (χ0) is 19.7. The lowest BCUT2D eigenvalue weighted by Crippen LogP contribution is -2.59. The molecule has 1 N–H and O–H groups in total. The first-order valence-electron chi connectivity index (χ1n) is 10.1. The molecule has 1 saturated heterocycles. The largest absolute Gasteiger partial charge is 0.400 e. The van der Waals surface area contributed by atoms with E-state index in [2.05, 4.69) is 99.9 Å². The van der Waals surface area contributed by atoms with Crippen molar-refractivity contribution in [1.29, 1.82) is 0 Å². The van der Waals surface area contributed by atoms with Gasteiger partial charge in [-0.05, 0) is 73.4 Å². The Kier molecular flexibility index (Phi) is 3.40. The van der Waals surface area contributed by atoms with E-state index < -0.39 is 0 Å². The van der Waals surface area contributed by atoms with Gasteiger partial charge < -0.3 is 8.88 Å². The number of hydrogen-bond donors (Lipinski definition) is 1. The molecule has 1 aliphatic rings. The van der Waals surface area contributed by atoms with Crippen LogP contribution in [-0.2, 0) is 0 Å². The second kappa shape index (κ2) is 6.16. The van der Waals surface area contributed by atoms with Gasteiger partial charge in [0.05, 0.1) is 0 Å². The van der Waals surface area contributed by atoms with Crippen molar-refractivity contribution in [1.82, 2.24) is 4.65 Å². The molecule has 0 atom stereocenters. The maximum Gasteiger partial charge on any atom is 0.273 e. The van der Waals surface area contributed by atoms with Gasteiger partial charge in [-0.15, -0.1) is 0 Å². The number of rotatable bonds is 1. The van der Waals surface area contributed by atoms with Crippen LogP contribution in [0, 0.1) is 0 Å². The molecular formula is C26H16N2Si2. The van der Waals surface area contributed by atoms with Gasteiger partial charge in [0.1, 0.15) is 0 Å². The van der Waals surface area contributed by atoms with E-state index in [1.54, 1.807) is 0 Å². The molecule has 30 heavy (non-hydrogen) atoms. The van der Waals surface area contributed by atoms with Crippen molar-refractivity contribution in [2.75, 3.05) is 4.23 Å². The van der Waals surface area contributed by atoms with E-state index in [-0.39, 0.29) is 0 Å². The highest BCUT2D eigenvalue weighted by molar-refractivity contribution is 6.77. The van der Waals surface area contributed by atoms with Crippen LogP contribution in [0.4, 0.5) is 5.69 Å². The quantitative estimate of drug-likeness (QED) is 0.204. The number of fused-ring (bicyclic) bond motifs is 6. The van der Waals surface area contributed by atoms with E-state index >= 15 is 0 Å². The summed E-state index contributed by atoms with van der Waals surface area (Å²) in [5.74, 6) is 0. The van der Waals surface area contributed by atoms with Crippen LogP contribution in [0.15, 0.2) is 91.0 Å². The topological polar surface area (TPSA) is 15.3 Å². The molecule has 4 radical (unpaired) electrons. The maximum atomic E-state index is 3.45. The maximum absolute atomic E-state index is 3.45. The Morgan fingerprint density at radius 1 is 0.467 bits per heavy atom. The zero-order valence-electron chi connectivity index (χ0n) is 16.1. The Labute approximate surface area is 179 Å². The van der Waals surface area contributed by atoms with Crippen LogP contribution >= 0.6 is 0 Å². The van der Waals surface area contributed by atoms with Gasteiger partial charge in [-0.3, -0.25) is 0 Å². The molecule has 6 aromatic carbocycles. The Bertz CT molecular complexity index is 1640. The van der Waals surface area contributed by atoms with Crippen LogP contribution in [0.3, 0.4) is 0 Å². The minimum absolute atomic E-state index is 0.662.